The van der Waals surface area contributed by atoms with Crippen LogP contribution < -0.4 is 0 Å². The smallest absolute Gasteiger partial charge is 0.127 e. The van der Waals surface area contributed by atoms with Crippen LogP contribution in [0.2, 0.25) is 0 Å². The minimum atomic E-state index is 0.00653. The summed E-state index contributed by atoms with van der Waals surface area (Å²) >= 11 is 0. The van der Waals surface area contributed by atoms with Crippen LogP contribution in [0.5, 0.6) is 0 Å². The number of nitrogens with zero attached hydrogens (tertiary/aromatic N) is 1. The lowest BCUT2D eigenvalue weighted by Crippen LogP contribution is -2.12. The van der Waals surface area contributed by atoms with Gasteiger partial charge >= 0.3 is 0 Å². The van der Waals surface area contributed by atoms with Gasteiger partial charge in [-0.15, -0.1) is 0 Å². The number of hydrogen-bond donors (Lipinski definition) is 0. The van der Waals surface area contributed by atoms with Crippen molar-refractivity contribution in [2.75, 3.05) is 0 Å². The molecule has 2 rings (SSSR count). The molecule has 2 nitrogen and oxygen atoms in total. The number of carbonyl (C=O) groups excluding carboxylic acids is 1. The van der Waals surface area contributed by atoms with Gasteiger partial charge in [-0.2, -0.15) is 5.26 Å². The Bertz CT molecular complexity index is 403. The topological polar surface area (TPSA) is 40.9 Å². The molecule has 0 aromatic heterocycles. The molecule has 0 spiro atoms. The molecule has 1 aromatic rings. The lowest BCUT2D eigenvalue weighted by atomic mass is 9.82. The molecular formula is C12H11NO. The van der Waals surface area contributed by atoms with Gasteiger partial charge in [-0.25, -0.2) is 0 Å². The van der Waals surface area contributed by atoms with Crippen molar-refractivity contribution < 1.29 is 4.79 Å². The standard InChI is InChI=1S/C12H11NO/c13-7-9-3-1-6-12-10(8-14)4-2-5-11(9)12/h1,3,6,8,10H,2,4-5H2/t10-/m1/s1. The summed E-state index contributed by atoms with van der Waals surface area (Å²) in [5.74, 6) is 0.00653. The number of carbonyl (C=O) groups is 1. The van der Waals surface area contributed by atoms with Crippen LogP contribution in [0.15, 0.2) is 18.2 Å². The van der Waals surface area contributed by atoms with Gasteiger partial charge in [0.15, 0.2) is 0 Å². The van der Waals surface area contributed by atoms with E-state index in [1.165, 1.54) is 0 Å². The quantitative estimate of drug-likeness (QED) is 0.629. The molecule has 0 fully saturated rings. The lowest BCUT2D eigenvalue weighted by molar-refractivity contribution is -0.109. The van der Waals surface area contributed by atoms with Crippen LogP contribution in [0, 0.1) is 11.3 Å². The molecule has 0 amide bonds. The predicted molar refractivity (Wildman–Crippen MR) is 52.9 cm³/mol. The highest BCUT2D eigenvalue weighted by molar-refractivity contribution is 5.65. The molecule has 0 unspecified atom stereocenters. The zero-order valence-electron chi connectivity index (χ0n) is 7.86. The Morgan fingerprint density at radius 1 is 1.50 bits per heavy atom. The minimum absolute atomic E-state index is 0.00653. The van der Waals surface area contributed by atoms with Gasteiger partial charge in [0.2, 0.25) is 0 Å². The van der Waals surface area contributed by atoms with Crippen molar-refractivity contribution in [1.29, 1.82) is 5.26 Å². The highest BCUT2D eigenvalue weighted by Gasteiger charge is 2.21. The predicted octanol–water partition coefficient (Wildman–Crippen LogP) is 2.18. The van der Waals surface area contributed by atoms with Gasteiger partial charge in [-0.3, -0.25) is 0 Å². The first-order valence-corrected chi connectivity index (χ1v) is 4.84. The van der Waals surface area contributed by atoms with E-state index in [0.717, 1.165) is 42.2 Å². The van der Waals surface area contributed by atoms with E-state index in [9.17, 15) is 4.79 Å². The molecule has 14 heavy (non-hydrogen) atoms. The first-order valence-electron chi connectivity index (χ1n) is 4.84. The van der Waals surface area contributed by atoms with Crippen molar-refractivity contribution in [3.63, 3.8) is 0 Å². The Morgan fingerprint density at radius 3 is 3.07 bits per heavy atom. The molecule has 70 valence electrons. The summed E-state index contributed by atoms with van der Waals surface area (Å²) in [7, 11) is 0. The molecule has 0 radical (unpaired) electrons. The largest absolute Gasteiger partial charge is 0.303 e. The fourth-order valence-corrected chi connectivity index (χ4v) is 2.13. The third-order valence-electron chi connectivity index (χ3n) is 2.84. The second kappa shape index (κ2) is 3.63. The van der Waals surface area contributed by atoms with Gasteiger partial charge in [0, 0.05) is 5.92 Å². The van der Waals surface area contributed by atoms with Gasteiger partial charge in [0.25, 0.3) is 0 Å². The molecule has 0 N–H and O–H groups in total. The van der Waals surface area contributed by atoms with Crippen LogP contribution in [0.1, 0.15) is 35.4 Å². The minimum Gasteiger partial charge on any atom is -0.303 e. The van der Waals surface area contributed by atoms with Crippen LogP contribution >= 0.6 is 0 Å². The normalized spacial score (nSPS) is 19.5. The fraction of sp³-hybridized carbons (Fsp3) is 0.333. The molecule has 1 atom stereocenters. The summed E-state index contributed by atoms with van der Waals surface area (Å²) in [4.78, 5) is 10.8. The molecule has 1 aromatic carbocycles. The second-order valence-corrected chi connectivity index (χ2v) is 3.62. The Hall–Kier alpha value is -1.62. The molecule has 0 heterocycles. The summed E-state index contributed by atoms with van der Waals surface area (Å²) in [5.41, 5.74) is 2.87. The maximum atomic E-state index is 10.8. The zero-order chi connectivity index (χ0) is 9.97. The van der Waals surface area contributed by atoms with E-state index in [-0.39, 0.29) is 5.92 Å². The van der Waals surface area contributed by atoms with Gasteiger partial charge in [0.05, 0.1) is 11.6 Å². The fourth-order valence-electron chi connectivity index (χ4n) is 2.13. The molecule has 1 aliphatic rings. The first-order chi connectivity index (χ1) is 6.86. The Labute approximate surface area is 83.2 Å². The summed E-state index contributed by atoms with van der Waals surface area (Å²) in [5, 5.41) is 8.91. The van der Waals surface area contributed by atoms with Gasteiger partial charge in [0.1, 0.15) is 6.29 Å². The Kier molecular flexibility index (Phi) is 2.32. The van der Waals surface area contributed by atoms with E-state index in [0.29, 0.717) is 0 Å². The number of fused-ring (bicyclic) bond motifs is 1. The molecule has 0 bridgehead atoms. The number of hydrogen-bond acceptors (Lipinski definition) is 2. The van der Waals surface area contributed by atoms with E-state index < -0.39 is 0 Å². The van der Waals surface area contributed by atoms with Crippen molar-refractivity contribution in [2.24, 2.45) is 0 Å². The third kappa shape index (κ3) is 1.31. The van der Waals surface area contributed by atoms with Crippen molar-refractivity contribution in [1.82, 2.24) is 0 Å². The van der Waals surface area contributed by atoms with Crippen molar-refractivity contribution in [3.8, 4) is 6.07 Å². The van der Waals surface area contributed by atoms with Crippen molar-refractivity contribution in [2.45, 2.75) is 25.2 Å². The highest BCUT2D eigenvalue weighted by atomic mass is 16.1. The van der Waals surface area contributed by atoms with Gasteiger partial charge < -0.3 is 4.79 Å². The SMILES string of the molecule is N#Cc1cccc2c1CCC[C@@H]2C=O. The summed E-state index contributed by atoms with van der Waals surface area (Å²) in [6, 6.07) is 7.84. The maximum absolute atomic E-state index is 10.8. The number of aldehydes is 1. The van der Waals surface area contributed by atoms with Crippen molar-refractivity contribution in [3.05, 3.63) is 34.9 Å². The Balaban J connectivity index is 2.55. The van der Waals surface area contributed by atoms with Crippen molar-refractivity contribution >= 4 is 6.29 Å². The summed E-state index contributed by atoms with van der Waals surface area (Å²) in [6.45, 7) is 0. The lowest BCUT2D eigenvalue weighted by Gasteiger charge is -2.21. The second-order valence-electron chi connectivity index (χ2n) is 3.62. The third-order valence-corrected chi connectivity index (χ3v) is 2.84. The van der Waals surface area contributed by atoms with E-state index in [4.69, 9.17) is 5.26 Å². The van der Waals surface area contributed by atoms with E-state index in [1.807, 2.05) is 18.2 Å². The monoisotopic (exact) mass is 185 g/mol. The van der Waals surface area contributed by atoms with E-state index >= 15 is 0 Å². The van der Waals surface area contributed by atoms with Gasteiger partial charge in [-0.1, -0.05) is 12.1 Å². The average molecular weight is 185 g/mol. The number of nitriles is 1. The molecular weight excluding hydrogens is 174 g/mol. The molecule has 0 saturated heterocycles. The molecule has 0 saturated carbocycles. The van der Waals surface area contributed by atoms with Crippen LogP contribution in [0.25, 0.3) is 0 Å². The van der Waals surface area contributed by atoms with Gasteiger partial charge in [-0.05, 0) is 36.5 Å². The number of benzene rings is 1. The first kappa shape index (κ1) is 8.96. The zero-order valence-corrected chi connectivity index (χ0v) is 7.86. The molecule has 1 aliphatic carbocycles. The molecule has 0 aliphatic heterocycles. The maximum Gasteiger partial charge on any atom is 0.127 e. The van der Waals surface area contributed by atoms with E-state index in [2.05, 4.69) is 6.07 Å². The van der Waals surface area contributed by atoms with Crippen LogP contribution in [0.4, 0.5) is 0 Å². The van der Waals surface area contributed by atoms with Crippen LogP contribution in [-0.2, 0) is 11.2 Å². The number of rotatable bonds is 1. The van der Waals surface area contributed by atoms with Crippen LogP contribution in [0.3, 0.4) is 0 Å². The summed E-state index contributed by atoms with van der Waals surface area (Å²) < 4.78 is 0. The van der Waals surface area contributed by atoms with E-state index in [1.54, 1.807) is 0 Å². The van der Waals surface area contributed by atoms with Crippen LogP contribution in [-0.4, -0.2) is 6.29 Å². The average Bonchev–Trinajstić information content (AvgIpc) is 2.27. The summed E-state index contributed by atoms with van der Waals surface area (Å²) in [6.07, 6.45) is 3.86. The molecule has 2 heteroatoms. The Morgan fingerprint density at radius 2 is 2.36 bits per heavy atom. The highest BCUT2D eigenvalue weighted by Crippen LogP contribution is 2.31.